The Morgan fingerprint density at radius 1 is 1.29 bits per heavy atom. The van der Waals surface area contributed by atoms with Gasteiger partial charge in [-0.1, -0.05) is 6.92 Å². The van der Waals surface area contributed by atoms with Crippen molar-refractivity contribution in [2.75, 3.05) is 7.11 Å². The molecule has 0 aromatic heterocycles. The molecule has 0 aliphatic rings. The molecule has 0 saturated carbocycles. The lowest BCUT2D eigenvalue weighted by atomic mass is 10.0. The largest absolute Gasteiger partial charge is 0.496 e. The van der Waals surface area contributed by atoms with E-state index >= 15 is 0 Å². The minimum atomic E-state index is -0.363. The predicted octanol–water partition coefficient (Wildman–Crippen LogP) is 2.76. The summed E-state index contributed by atoms with van der Waals surface area (Å²) in [5.41, 5.74) is 3.13. The van der Waals surface area contributed by atoms with Crippen molar-refractivity contribution in [3.63, 3.8) is 0 Å². The van der Waals surface area contributed by atoms with Crippen LogP contribution >= 0.6 is 0 Å². The fourth-order valence-electron chi connectivity index (χ4n) is 1.73. The Hall–Kier alpha value is -1.02. The molecular formula is C12H18O2. The van der Waals surface area contributed by atoms with Crippen molar-refractivity contribution in [2.24, 2.45) is 0 Å². The summed E-state index contributed by atoms with van der Waals surface area (Å²) in [4.78, 5) is 0. The first-order valence-corrected chi connectivity index (χ1v) is 4.93. The summed E-state index contributed by atoms with van der Waals surface area (Å²) in [5, 5.41) is 9.70. The van der Waals surface area contributed by atoms with E-state index in [1.807, 2.05) is 32.9 Å². The van der Waals surface area contributed by atoms with Crippen LogP contribution < -0.4 is 4.74 Å². The van der Waals surface area contributed by atoms with Gasteiger partial charge >= 0.3 is 0 Å². The molecule has 0 fully saturated rings. The predicted molar refractivity (Wildman–Crippen MR) is 57.7 cm³/mol. The van der Waals surface area contributed by atoms with Gasteiger partial charge in [0, 0.05) is 0 Å². The van der Waals surface area contributed by atoms with Gasteiger partial charge in [-0.05, 0) is 49.1 Å². The highest BCUT2D eigenvalue weighted by Crippen LogP contribution is 2.27. The van der Waals surface area contributed by atoms with Gasteiger partial charge in [0.1, 0.15) is 5.75 Å². The Bertz CT molecular complexity index is 295. The first-order valence-electron chi connectivity index (χ1n) is 4.93. The van der Waals surface area contributed by atoms with Crippen molar-refractivity contribution >= 4 is 0 Å². The first-order chi connectivity index (χ1) is 6.60. The number of hydrogen-bond acceptors (Lipinski definition) is 2. The van der Waals surface area contributed by atoms with Crippen molar-refractivity contribution in [3.8, 4) is 5.75 Å². The van der Waals surface area contributed by atoms with Crippen LogP contribution in [0.15, 0.2) is 12.1 Å². The van der Waals surface area contributed by atoms with Crippen LogP contribution in [0, 0.1) is 13.8 Å². The van der Waals surface area contributed by atoms with Crippen LogP contribution in [0.1, 0.15) is 36.1 Å². The second-order valence-corrected chi connectivity index (χ2v) is 3.61. The Morgan fingerprint density at radius 2 is 1.79 bits per heavy atom. The molecule has 78 valence electrons. The molecule has 0 radical (unpaired) electrons. The van der Waals surface area contributed by atoms with Crippen molar-refractivity contribution in [1.82, 2.24) is 0 Å². The molecule has 0 heterocycles. The van der Waals surface area contributed by atoms with E-state index in [2.05, 4.69) is 0 Å². The van der Waals surface area contributed by atoms with Crippen LogP contribution in [-0.4, -0.2) is 12.2 Å². The number of ether oxygens (including phenoxy) is 1. The molecule has 14 heavy (non-hydrogen) atoms. The highest BCUT2D eigenvalue weighted by Gasteiger charge is 2.09. The minimum absolute atomic E-state index is 0.363. The van der Waals surface area contributed by atoms with Gasteiger partial charge in [-0.15, -0.1) is 0 Å². The zero-order valence-corrected chi connectivity index (χ0v) is 9.29. The molecule has 1 atom stereocenters. The van der Waals surface area contributed by atoms with Gasteiger partial charge < -0.3 is 9.84 Å². The zero-order chi connectivity index (χ0) is 10.7. The molecular weight excluding hydrogens is 176 g/mol. The molecule has 0 amide bonds. The average Bonchev–Trinajstić information content (AvgIpc) is 2.16. The fraction of sp³-hybridized carbons (Fsp3) is 0.500. The zero-order valence-electron chi connectivity index (χ0n) is 9.29. The highest BCUT2D eigenvalue weighted by molar-refractivity contribution is 5.43. The van der Waals surface area contributed by atoms with E-state index in [1.54, 1.807) is 7.11 Å². The van der Waals surface area contributed by atoms with Gasteiger partial charge in [-0.25, -0.2) is 0 Å². The summed E-state index contributed by atoms with van der Waals surface area (Å²) >= 11 is 0. The van der Waals surface area contributed by atoms with Gasteiger partial charge in [-0.3, -0.25) is 0 Å². The van der Waals surface area contributed by atoms with Gasteiger partial charge in [0.15, 0.2) is 0 Å². The Morgan fingerprint density at radius 3 is 2.14 bits per heavy atom. The molecule has 0 spiro atoms. The van der Waals surface area contributed by atoms with E-state index in [0.29, 0.717) is 0 Å². The molecule has 1 rings (SSSR count). The number of aliphatic hydroxyl groups is 1. The molecule has 1 N–H and O–H groups in total. The maximum atomic E-state index is 9.70. The van der Waals surface area contributed by atoms with E-state index in [0.717, 1.165) is 28.9 Å². The summed E-state index contributed by atoms with van der Waals surface area (Å²) in [7, 11) is 1.67. The SMILES string of the molecule is CCC(O)c1cc(C)c(OC)c(C)c1. The van der Waals surface area contributed by atoms with E-state index in [-0.39, 0.29) is 6.10 Å². The second-order valence-electron chi connectivity index (χ2n) is 3.61. The average molecular weight is 194 g/mol. The van der Waals surface area contributed by atoms with Crippen molar-refractivity contribution in [3.05, 3.63) is 28.8 Å². The van der Waals surface area contributed by atoms with Crippen LogP contribution in [0.4, 0.5) is 0 Å². The number of aliphatic hydroxyl groups excluding tert-OH is 1. The van der Waals surface area contributed by atoms with E-state index < -0.39 is 0 Å². The molecule has 2 nitrogen and oxygen atoms in total. The lowest BCUT2D eigenvalue weighted by molar-refractivity contribution is 0.173. The minimum Gasteiger partial charge on any atom is -0.496 e. The lowest BCUT2D eigenvalue weighted by Gasteiger charge is -2.14. The Balaban J connectivity index is 3.13. The molecule has 1 aromatic rings. The summed E-state index contributed by atoms with van der Waals surface area (Å²) in [6.45, 7) is 5.97. The van der Waals surface area contributed by atoms with Gasteiger partial charge in [0.25, 0.3) is 0 Å². The third-order valence-corrected chi connectivity index (χ3v) is 2.46. The highest BCUT2D eigenvalue weighted by atomic mass is 16.5. The molecule has 0 bridgehead atoms. The topological polar surface area (TPSA) is 29.5 Å². The Labute approximate surface area is 85.5 Å². The summed E-state index contributed by atoms with van der Waals surface area (Å²) in [6, 6.07) is 3.97. The van der Waals surface area contributed by atoms with Gasteiger partial charge in [0.2, 0.25) is 0 Å². The number of methoxy groups -OCH3 is 1. The Kier molecular flexibility index (Phi) is 3.53. The summed E-state index contributed by atoms with van der Waals surface area (Å²) in [5.74, 6) is 0.914. The summed E-state index contributed by atoms with van der Waals surface area (Å²) in [6.07, 6.45) is 0.379. The molecule has 2 heteroatoms. The van der Waals surface area contributed by atoms with Gasteiger partial charge in [-0.2, -0.15) is 0 Å². The second kappa shape index (κ2) is 4.47. The third kappa shape index (κ3) is 2.07. The lowest BCUT2D eigenvalue weighted by Crippen LogP contribution is -1.99. The molecule has 1 unspecified atom stereocenters. The van der Waals surface area contributed by atoms with Gasteiger partial charge in [0.05, 0.1) is 13.2 Å². The van der Waals surface area contributed by atoms with Crippen molar-refractivity contribution in [1.29, 1.82) is 0 Å². The fourth-order valence-corrected chi connectivity index (χ4v) is 1.73. The molecule has 0 aliphatic carbocycles. The van der Waals surface area contributed by atoms with Crippen LogP contribution in [0.5, 0.6) is 5.75 Å². The van der Waals surface area contributed by atoms with E-state index in [1.165, 1.54) is 0 Å². The monoisotopic (exact) mass is 194 g/mol. The quantitative estimate of drug-likeness (QED) is 0.801. The van der Waals surface area contributed by atoms with E-state index in [9.17, 15) is 5.11 Å². The molecule has 0 aliphatic heterocycles. The number of rotatable bonds is 3. The van der Waals surface area contributed by atoms with E-state index in [4.69, 9.17) is 4.74 Å². The standard InChI is InChI=1S/C12H18O2/c1-5-11(13)10-6-8(2)12(14-4)9(3)7-10/h6-7,11,13H,5H2,1-4H3. The van der Waals surface area contributed by atoms with Crippen LogP contribution in [0.2, 0.25) is 0 Å². The van der Waals surface area contributed by atoms with Crippen LogP contribution in [0.3, 0.4) is 0 Å². The number of aryl methyl sites for hydroxylation is 2. The maximum absolute atomic E-state index is 9.70. The number of benzene rings is 1. The third-order valence-electron chi connectivity index (χ3n) is 2.46. The maximum Gasteiger partial charge on any atom is 0.124 e. The first kappa shape index (κ1) is 11.1. The smallest absolute Gasteiger partial charge is 0.124 e. The van der Waals surface area contributed by atoms with Crippen LogP contribution in [0.25, 0.3) is 0 Å². The van der Waals surface area contributed by atoms with Crippen molar-refractivity contribution in [2.45, 2.75) is 33.3 Å². The van der Waals surface area contributed by atoms with Crippen LogP contribution in [-0.2, 0) is 0 Å². The molecule has 0 saturated heterocycles. The molecule has 1 aromatic carbocycles. The number of hydrogen-bond donors (Lipinski definition) is 1. The summed E-state index contributed by atoms with van der Waals surface area (Å²) < 4.78 is 5.26. The normalized spacial score (nSPS) is 12.6. The van der Waals surface area contributed by atoms with Crippen molar-refractivity contribution < 1.29 is 9.84 Å².